The molecule has 158 valence electrons. The standard InChI is InChI=1S/C23H25FN2O4/c1-25(2)13-4-14-26-20(15-7-11-18(30-3)12-8-15)19(22(28)23(26)29)21(27)16-5-9-17(24)10-6-16/h5-12,20,27H,4,13-14H2,1-3H3/t20-/m1/s1. The molecule has 30 heavy (non-hydrogen) atoms. The summed E-state index contributed by atoms with van der Waals surface area (Å²) in [4.78, 5) is 29.2. The summed E-state index contributed by atoms with van der Waals surface area (Å²) in [7, 11) is 5.42. The third kappa shape index (κ3) is 4.36. The third-order valence-electron chi connectivity index (χ3n) is 5.09. The van der Waals surface area contributed by atoms with Crippen molar-refractivity contribution in [3.05, 3.63) is 71.0 Å². The first-order valence-electron chi connectivity index (χ1n) is 9.66. The van der Waals surface area contributed by atoms with E-state index in [0.717, 1.165) is 6.54 Å². The molecule has 1 heterocycles. The smallest absolute Gasteiger partial charge is 0.295 e. The lowest BCUT2D eigenvalue weighted by atomic mass is 9.95. The zero-order chi connectivity index (χ0) is 21.8. The van der Waals surface area contributed by atoms with Crippen molar-refractivity contribution in [3.8, 4) is 5.75 Å². The molecule has 0 bridgehead atoms. The molecule has 3 rings (SSSR count). The summed E-state index contributed by atoms with van der Waals surface area (Å²) in [6, 6.07) is 11.5. The number of Topliss-reactive ketones (excluding diaryl/α,β-unsaturated/α-hetero) is 1. The van der Waals surface area contributed by atoms with Gasteiger partial charge in [-0.05, 0) is 69.0 Å². The number of aliphatic hydroxyl groups is 1. The molecule has 1 aliphatic rings. The lowest BCUT2D eigenvalue weighted by Crippen LogP contribution is -2.32. The van der Waals surface area contributed by atoms with E-state index in [2.05, 4.69) is 0 Å². The normalized spacial score (nSPS) is 18.3. The van der Waals surface area contributed by atoms with Crippen molar-refractivity contribution in [2.75, 3.05) is 34.3 Å². The van der Waals surface area contributed by atoms with Crippen LogP contribution < -0.4 is 4.74 Å². The Balaban J connectivity index is 2.07. The molecule has 0 aliphatic carbocycles. The number of halogens is 1. The molecule has 6 nitrogen and oxygen atoms in total. The number of aliphatic hydroxyl groups excluding tert-OH is 1. The van der Waals surface area contributed by atoms with Gasteiger partial charge in [0.25, 0.3) is 11.7 Å². The highest BCUT2D eigenvalue weighted by molar-refractivity contribution is 6.46. The summed E-state index contributed by atoms with van der Waals surface area (Å²) in [5, 5.41) is 10.9. The predicted molar refractivity (Wildman–Crippen MR) is 112 cm³/mol. The Labute approximate surface area is 175 Å². The topological polar surface area (TPSA) is 70.1 Å². The second-order valence-corrected chi connectivity index (χ2v) is 7.43. The second-order valence-electron chi connectivity index (χ2n) is 7.43. The van der Waals surface area contributed by atoms with Gasteiger partial charge in [-0.25, -0.2) is 4.39 Å². The van der Waals surface area contributed by atoms with Crippen LogP contribution in [-0.2, 0) is 9.59 Å². The first-order chi connectivity index (χ1) is 14.3. The summed E-state index contributed by atoms with van der Waals surface area (Å²) in [5.74, 6) is -1.53. The van der Waals surface area contributed by atoms with Crippen LogP contribution in [0.5, 0.6) is 5.75 Å². The molecule has 7 heteroatoms. The van der Waals surface area contributed by atoms with Crippen LogP contribution in [-0.4, -0.2) is 60.9 Å². The average molecular weight is 412 g/mol. The lowest BCUT2D eigenvalue weighted by Gasteiger charge is -2.26. The average Bonchev–Trinajstić information content (AvgIpc) is 2.98. The predicted octanol–water partition coefficient (Wildman–Crippen LogP) is 3.21. The van der Waals surface area contributed by atoms with Gasteiger partial charge < -0.3 is 19.6 Å². The van der Waals surface area contributed by atoms with Crippen molar-refractivity contribution in [3.63, 3.8) is 0 Å². The number of carbonyl (C=O) groups excluding carboxylic acids is 2. The molecule has 1 N–H and O–H groups in total. The van der Waals surface area contributed by atoms with Crippen molar-refractivity contribution in [2.24, 2.45) is 0 Å². The maximum Gasteiger partial charge on any atom is 0.295 e. The maximum absolute atomic E-state index is 13.3. The Morgan fingerprint density at radius 3 is 2.30 bits per heavy atom. The number of methoxy groups -OCH3 is 1. The van der Waals surface area contributed by atoms with Crippen molar-refractivity contribution in [1.29, 1.82) is 0 Å². The molecule has 1 atom stereocenters. The molecule has 0 spiro atoms. The number of nitrogens with zero attached hydrogens (tertiary/aromatic N) is 2. The highest BCUT2D eigenvalue weighted by Gasteiger charge is 2.45. The van der Waals surface area contributed by atoms with E-state index in [1.165, 1.54) is 29.2 Å². The third-order valence-corrected chi connectivity index (χ3v) is 5.09. The minimum atomic E-state index is -0.748. The van der Waals surface area contributed by atoms with Gasteiger partial charge in [-0.1, -0.05) is 12.1 Å². The number of likely N-dealkylation sites (tertiary alicyclic amines) is 1. The number of rotatable bonds is 7. The lowest BCUT2D eigenvalue weighted by molar-refractivity contribution is -0.139. The van der Waals surface area contributed by atoms with Crippen molar-refractivity contribution in [2.45, 2.75) is 12.5 Å². The van der Waals surface area contributed by atoms with Gasteiger partial charge in [0.2, 0.25) is 0 Å². The fourth-order valence-electron chi connectivity index (χ4n) is 3.56. The Bertz CT molecular complexity index is 952. The Morgan fingerprint density at radius 1 is 1.10 bits per heavy atom. The SMILES string of the molecule is COc1ccc([C@@H]2C(=C(O)c3ccc(F)cc3)C(=O)C(=O)N2CCCN(C)C)cc1. The van der Waals surface area contributed by atoms with Crippen LogP contribution in [0.25, 0.3) is 5.76 Å². The number of carbonyl (C=O) groups is 2. The number of ketones is 1. The highest BCUT2D eigenvalue weighted by Crippen LogP contribution is 2.39. The van der Waals surface area contributed by atoms with E-state index >= 15 is 0 Å². The summed E-state index contributed by atoms with van der Waals surface area (Å²) in [6.07, 6.45) is 0.670. The molecule has 0 aromatic heterocycles. The Morgan fingerprint density at radius 2 is 1.73 bits per heavy atom. The summed E-state index contributed by atoms with van der Waals surface area (Å²) in [6.45, 7) is 1.11. The van der Waals surface area contributed by atoms with Gasteiger partial charge in [0.1, 0.15) is 17.3 Å². The largest absolute Gasteiger partial charge is 0.507 e. The van der Waals surface area contributed by atoms with Crippen LogP contribution in [0, 0.1) is 5.82 Å². The van der Waals surface area contributed by atoms with Crippen LogP contribution in [0.4, 0.5) is 4.39 Å². The van der Waals surface area contributed by atoms with Gasteiger partial charge in [-0.15, -0.1) is 0 Å². The second kappa shape index (κ2) is 9.09. The van der Waals surface area contributed by atoms with E-state index in [1.54, 1.807) is 31.4 Å². The molecule has 1 fully saturated rings. The first-order valence-corrected chi connectivity index (χ1v) is 9.66. The van der Waals surface area contributed by atoms with E-state index in [1.807, 2.05) is 19.0 Å². The summed E-state index contributed by atoms with van der Waals surface area (Å²) in [5.41, 5.74) is 0.964. The fraction of sp³-hybridized carbons (Fsp3) is 0.304. The minimum absolute atomic E-state index is 0.00151. The number of hydrogen-bond donors (Lipinski definition) is 1. The van der Waals surface area contributed by atoms with Crippen LogP contribution in [0.2, 0.25) is 0 Å². The summed E-state index contributed by atoms with van der Waals surface area (Å²) >= 11 is 0. The van der Waals surface area contributed by atoms with E-state index in [9.17, 15) is 19.1 Å². The van der Waals surface area contributed by atoms with E-state index < -0.39 is 23.5 Å². The molecule has 1 amide bonds. The number of amides is 1. The molecular weight excluding hydrogens is 387 g/mol. The van der Waals surface area contributed by atoms with Crippen LogP contribution >= 0.6 is 0 Å². The highest BCUT2D eigenvalue weighted by atomic mass is 19.1. The zero-order valence-corrected chi connectivity index (χ0v) is 17.3. The monoisotopic (exact) mass is 412 g/mol. The molecule has 0 saturated carbocycles. The zero-order valence-electron chi connectivity index (χ0n) is 17.3. The number of hydrogen-bond acceptors (Lipinski definition) is 5. The summed E-state index contributed by atoms with van der Waals surface area (Å²) < 4.78 is 18.5. The fourth-order valence-corrected chi connectivity index (χ4v) is 3.56. The number of ether oxygens (including phenoxy) is 1. The Kier molecular flexibility index (Phi) is 6.52. The van der Waals surface area contributed by atoms with Gasteiger partial charge in [0.05, 0.1) is 18.7 Å². The number of benzene rings is 2. The van der Waals surface area contributed by atoms with Crippen molar-refractivity contribution in [1.82, 2.24) is 9.80 Å². The Hall–Kier alpha value is -3.19. The van der Waals surface area contributed by atoms with Crippen molar-refractivity contribution < 1.29 is 23.8 Å². The minimum Gasteiger partial charge on any atom is -0.507 e. The molecular formula is C23H25FN2O4. The van der Waals surface area contributed by atoms with Crippen LogP contribution in [0.15, 0.2) is 54.1 Å². The molecule has 1 saturated heterocycles. The van der Waals surface area contributed by atoms with Crippen molar-refractivity contribution >= 4 is 17.4 Å². The van der Waals surface area contributed by atoms with E-state index in [-0.39, 0.29) is 16.9 Å². The van der Waals surface area contributed by atoms with Crippen LogP contribution in [0.1, 0.15) is 23.6 Å². The quantitative estimate of drug-likeness (QED) is 0.430. The maximum atomic E-state index is 13.3. The van der Waals surface area contributed by atoms with Gasteiger partial charge in [-0.3, -0.25) is 9.59 Å². The van der Waals surface area contributed by atoms with E-state index in [4.69, 9.17) is 4.74 Å². The van der Waals surface area contributed by atoms with Crippen LogP contribution in [0.3, 0.4) is 0 Å². The molecule has 0 radical (unpaired) electrons. The first kappa shape index (κ1) is 21.5. The van der Waals surface area contributed by atoms with Gasteiger partial charge in [0.15, 0.2) is 0 Å². The molecule has 2 aromatic rings. The molecule has 1 aliphatic heterocycles. The van der Waals surface area contributed by atoms with Gasteiger partial charge >= 0.3 is 0 Å². The van der Waals surface area contributed by atoms with Gasteiger partial charge in [0, 0.05) is 12.1 Å². The van der Waals surface area contributed by atoms with E-state index in [0.29, 0.717) is 24.3 Å². The molecule has 2 aromatic carbocycles. The molecule has 0 unspecified atom stereocenters. The van der Waals surface area contributed by atoms with Gasteiger partial charge in [-0.2, -0.15) is 0 Å².